The monoisotopic (exact) mass is 177 g/mol. The highest BCUT2D eigenvalue weighted by atomic mass is 14.8. The number of nitrogens with one attached hydrogen (secondary N) is 1. The van der Waals surface area contributed by atoms with E-state index < -0.39 is 0 Å². The first-order chi connectivity index (χ1) is 6.27. The van der Waals surface area contributed by atoms with Crippen molar-refractivity contribution in [3.8, 4) is 0 Å². The molecule has 0 amide bonds. The van der Waals surface area contributed by atoms with Gasteiger partial charge in [0.2, 0.25) is 0 Å². The maximum absolute atomic E-state index is 3.33. The van der Waals surface area contributed by atoms with Crippen LogP contribution in [0, 0.1) is 0 Å². The molecule has 1 unspecified atom stereocenters. The lowest BCUT2D eigenvalue weighted by molar-refractivity contribution is 0.734. The zero-order valence-electron chi connectivity index (χ0n) is 8.80. The second-order valence-corrected chi connectivity index (χ2v) is 3.47. The highest BCUT2D eigenvalue weighted by Gasteiger charge is 2.02. The van der Waals surface area contributed by atoms with Crippen LogP contribution in [-0.2, 0) is 0 Å². The fourth-order valence-corrected chi connectivity index (χ4v) is 1.39. The Kier molecular flexibility index (Phi) is 3.81. The average molecular weight is 177 g/mol. The highest BCUT2D eigenvalue weighted by Crippen LogP contribution is 2.21. The first kappa shape index (κ1) is 10.1. The minimum atomic E-state index is 0.665. The molecule has 1 nitrogen and oxygen atoms in total. The van der Waals surface area contributed by atoms with E-state index in [2.05, 4.69) is 50.4 Å². The molecule has 0 aromatic heterocycles. The molecule has 1 atom stereocenters. The predicted octanol–water partition coefficient (Wildman–Crippen LogP) is 3.63. The molecule has 1 aromatic rings. The molecule has 0 bridgehead atoms. The van der Waals surface area contributed by atoms with E-state index in [4.69, 9.17) is 0 Å². The molecule has 0 aliphatic heterocycles. The van der Waals surface area contributed by atoms with Gasteiger partial charge in [-0.05, 0) is 37.0 Å². The third-order valence-corrected chi connectivity index (χ3v) is 2.45. The number of benzene rings is 1. The van der Waals surface area contributed by atoms with Crippen LogP contribution in [0.5, 0.6) is 0 Å². The summed E-state index contributed by atoms with van der Waals surface area (Å²) in [5, 5.41) is 3.33. The SMILES string of the molecule is CCNc1cccc(C(C)CC)c1. The lowest BCUT2D eigenvalue weighted by Crippen LogP contribution is -1.98. The summed E-state index contributed by atoms with van der Waals surface area (Å²) in [5.41, 5.74) is 2.67. The third-order valence-electron chi connectivity index (χ3n) is 2.45. The Morgan fingerprint density at radius 1 is 1.31 bits per heavy atom. The smallest absolute Gasteiger partial charge is 0.0342 e. The van der Waals surface area contributed by atoms with Crippen LogP contribution in [0.2, 0.25) is 0 Å². The lowest BCUT2D eigenvalue weighted by atomic mass is 9.98. The molecule has 0 saturated carbocycles. The number of hydrogen-bond acceptors (Lipinski definition) is 1. The Labute approximate surface area is 81.2 Å². The van der Waals surface area contributed by atoms with Gasteiger partial charge in [-0.3, -0.25) is 0 Å². The first-order valence-corrected chi connectivity index (χ1v) is 5.11. The van der Waals surface area contributed by atoms with E-state index in [0.717, 1.165) is 6.54 Å². The molecule has 1 heteroatoms. The number of anilines is 1. The largest absolute Gasteiger partial charge is 0.385 e. The molecule has 0 heterocycles. The predicted molar refractivity (Wildman–Crippen MR) is 59.3 cm³/mol. The van der Waals surface area contributed by atoms with Crippen molar-refractivity contribution < 1.29 is 0 Å². The molecule has 72 valence electrons. The van der Waals surface area contributed by atoms with Crippen molar-refractivity contribution in [3.05, 3.63) is 29.8 Å². The van der Waals surface area contributed by atoms with Crippen LogP contribution in [0.1, 0.15) is 38.7 Å². The van der Waals surface area contributed by atoms with Gasteiger partial charge in [0.15, 0.2) is 0 Å². The van der Waals surface area contributed by atoms with Crippen molar-refractivity contribution >= 4 is 5.69 Å². The van der Waals surface area contributed by atoms with Crippen LogP contribution in [0.25, 0.3) is 0 Å². The van der Waals surface area contributed by atoms with E-state index >= 15 is 0 Å². The van der Waals surface area contributed by atoms with Crippen LogP contribution in [0.3, 0.4) is 0 Å². The molecule has 0 aliphatic rings. The Hall–Kier alpha value is -0.980. The van der Waals surface area contributed by atoms with Crippen molar-refractivity contribution in [2.24, 2.45) is 0 Å². The highest BCUT2D eigenvalue weighted by molar-refractivity contribution is 5.46. The molecule has 1 N–H and O–H groups in total. The molecule has 0 fully saturated rings. The van der Waals surface area contributed by atoms with Crippen molar-refractivity contribution in [1.29, 1.82) is 0 Å². The standard InChI is InChI=1S/C12H19N/c1-4-10(3)11-7-6-8-12(9-11)13-5-2/h6-10,13H,4-5H2,1-3H3. The lowest BCUT2D eigenvalue weighted by Gasteiger charge is -2.11. The summed E-state index contributed by atoms with van der Waals surface area (Å²) in [7, 11) is 0. The van der Waals surface area contributed by atoms with Crippen molar-refractivity contribution in [3.63, 3.8) is 0 Å². The molecule has 1 aromatic carbocycles. The van der Waals surface area contributed by atoms with Crippen LogP contribution in [0.15, 0.2) is 24.3 Å². The summed E-state index contributed by atoms with van der Waals surface area (Å²) in [6, 6.07) is 8.70. The van der Waals surface area contributed by atoms with E-state index in [1.165, 1.54) is 17.7 Å². The van der Waals surface area contributed by atoms with Gasteiger partial charge < -0.3 is 5.32 Å². The van der Waals surface area contributed by atoms with Crippen LogP contribution in [0.4, 0.5) is 5.69 Å². The fraction of sp³-hybridized carbons (Fsp3) is 0.500. The second kappa shape index (κ2) is 4.90. The second-order valence-electron chi connectivity index (χ2n) is 3.47. The molecule has 0 aliphatic carbocycles. The first-order valence-electron chi connectivity index (χ1n) is 5.11. The van der Waals surface area contributed by atoms with Gasteiger partial charge in [-0.1, -0.05) is 26.0 Å². The minimum absolute atomic E-state index is 0.665. The number of rotatable bonds is 4. The van der Waals surface area contributed by atoms with Gasteiger partial charge in [0.25, 0.3) is 0 Å². The van der Waals surface area contributed by atoms with Gasteiger partial charge in [-0.15, -0.1) is 0 Å². The maximum Gasteiger partial charge on any atom is 0.0342 e. The zero-order chi connectivity index (χ0) is 9.68. The van der Waals surface area contributed by atoms with Gasteiger partial charge in [0, 0.05) is 12.2 Å². The maximum atomic E-state index is 3.33. The van der Waals surface area contributed by atoms with E-state index in [1.54, 1.807) is 0 Å². The topological polar surface area (TPSA) is 12.0 Å². The van der Waals surface area contributed by atoms with Crippen molar-refractivity contribution in [2.45, 2.75) is 33.1 Å². The van der Waals surface area contributed by atoms with Gasteiger partial charge in [-0.2, -0.15) is 0 Å². The average Bonchev–Trinajstić information content (AvgIpc) is 2.18. The fourth-order valence-electron chi connectivity index (χ4n) is 1.39. The summed E-state index contributed by atoms with van der Waals surface area (Å²) in [4.78, 5) is 0. The Morgan fingerprint density at radius 2 is 2.08 bits per heavy atom. The van der Waals surface area contributed by atoms with E-state index in [0.29, 0.717) is 5.92 Å². The molecular weight excluding hydrogens is 158 g/mol. The third kappa shape index (κ3) is 2.76. The van der Waals surface area contributed by atoms with E-state index in [9.17, 15) is 0 Å². The molecule has 0 spiro atoms. The van der Waals surface area contributed by atoms with Crippen molar-refractivity contribution in [1.82, 2.24) is 0 Å². The van der Waals surface area contributed by atoms with Crippen LogP contribution >= 0.6 is 0 Å². The summed E-state index contributed by atoms with van der Waals surface area (Å²) in [5.74, 6) is 0.665. The van der Waals surface area contributed by atoms with Crippen molar-refractivity contribution in [2.75, 3.05) is 11.9 Å². The molecular formula is C12H19N. The quantitative estimate of drug-likeness (QED) is 0.740. The number of hydrogen-bond donors (Lipinski definition) is 1. The van der Waals surface area contributed by atoms with Gasteiger partial charge in [0.1, 0.15) is 0 Å². The molecule has 13 heavy (non-hydrogen) atoms. The Balaban J connectivity index is 2.78. The van der Waals surface area contributed by atoms with Gasteiger partial charge >= 0.3 is 0 Å². The summed E-state index contributed by atoms with van der Waals surface area (Å²) in [6.45, 7) is 7.61. The normalized spacial score (nSPS) is 12.5. The summed E-state index contributed by atoms with van der Waals surface area (Å²) in [6.07, 6.45) is 1.20. The van der Waals surface area contributed by atoms with E-state index in [-0.39, 0.29) is 0 Å². The summed E-state index contributed by atoms with van der Waals surface area (Å²) >= 11 is 0. The van der Waals surface area contributed by atoms with Crippen LogP contribution in [-0.4, -0.2) is 6.54 Å². The Bertz CT molecular complexity index is 255. The van der Waals surface area contributed by atoms with Gasteiger partial charge in [-0.25, -0.2) is 0 Å². The van der Waals surface area contributed by atoms with E-state index in [1.807, 2.05) is 0 Å². The van der Waals surface area contributed by atoms with Gasteiger partial charge in [0.05, 0.1) is 0 Å². The van der Waals surface area contributed by atoms with Crippen LogP contribution < -0.4 is 5.32 Å². The zero-order valence-corrected chi connectivity index (χ0v) is 8.80. The molecule has 1 rings (SSSR count). The Morgan fingerprint density at radius 3 is 2.69 bits per heavy atom. The molecule has 0 radical (unpaired) electrons. The summed E-state index contributed by atoms with van der Waals surface area (Å²) < 4.78 is 0. The molecule has 0 saturated heterocycles. The minimum Gasteiger partial charge on any atom is -0.385 e.